The summed E-state index contributed by atoms with van der Waals surface area (Å²) in [4.78, 5) is 0. The number of rotatable bonds is 3. The monoisotopic (exact) mass is 267 g/mol. The average molecular weight is 268 g/mol. The molecule has 0 aromatic heterocycles. The normalized spacial score (nSPS) is 26.9. The fourth-order valence-corrected chi connectivity index (χ4v) is 3.34. The number of hydrogen-bond donors (Lipinski definition) is 2. The summed E-state index contributed by atoms with van der Waals surface area (Å²) in [5.74, 6) is 0. The molecule has 0 radical (unpaired) electrons. The number of anilines is 1. The van der Waals surface area contributed by atoms with Gasteiger partial charge in [-0.25, -0.2) is 0 Å². The minimum Gasteiger partial charge on any atom is -0.394 e. The van der Waals surface area contributed by atoms with E-state index in [4.69, 9.17) is 11.6 Å². The second kappa shape index (κ2) is 5.10. The minimum absolute atomic E-state index is 0.170. The number of benzene rings is 1. The first-order valence-corrected chi connectivity index (χ1v) is 6.97. The molecule has 1 atom stereocenters. The van der Waals surface area contributed by atoms with Crippen molar-refractivity contribution in [3.63, 3.8) is 0 Å². The van der Waals surface area contributed by atoms with Crippen LogP contribution in [0.5, 0.6) is 0 Å². The largest absolute Gasteiger partial charge is 0.394 e. The summed E-state index contributed by atoms with van der Waals surface area (Å²) < 4.78 is 0. The van der Waals surface area contributed by atoms with Crippen LogP contribution in [0.2, 0.25) is 5.02 Å². The van der Waals surface area contributed by atoms with E-state index in [1.807, 2.05) is 24.3 Å². The van der Waals surface area contributed by atoms with Crippen molar-refractivity contribution in [1.29, 1.82) is 0 Å². The Morgan fingerprint density at radius 2 is 2.11 bits per heavy atom. The molecule has 0 aliphatic heterocycles. The first kappa shape index (κ1) is 13.7. The zero-order valence-electron chi connectivity index (χ0n) is 11.2. The summed E-state index contributed by atoms with van der Waals surface area (Å²) in [7, 11) is 0. The molecular weight excluding hydrogens is 246 g/mol. The van der Waals surface area contributed by atoms with Crippen molar-refractivity contribution >= 4 is 17.3 Å². The van der Waals surface area contributed by atoms with Gasteiger partial charge >= 0.3 is 0 Å². The van der Waals surface area contributed by atoms with Gasteiger partial charge in [0.25, 0.3) is 0 Å². The van der Waals surface area contributed by atoms with E-state index in [2.05, 4.69) is 19.2 Å². The molecule has 0 amide bonds. The molecule has 1 aliphatic carbocycles. The quantitative estimate of drug-likeness (QED) is 0.865. The van der Waals surface area contributed by atoms with Gasteiger partial charge in [0, 0.05) is 10.7 Å². The highest BCUT2D eigenvalue weighted by Gasteiger charge is 2.39. The van der Waals surface area contributed by atoms with Crippen LogP contribution in [0.25, 0.3) is 0 Å². The third kappa shape index (κ3) is 3.18. The number of aliphatic hydroxyl groups excluding tert-OH is 1. The maximum absolute atomic E-state index is 9.81. The van der Waals surface area contributed by atoms with Crippen molar-refractivity contribution in [3.05, 3.63) is 29.3 Å². The van der Waals surface area contributed by atoms with Crippen LogP contribution in [0.3, 0.4) is 0 Å². The summed E-state index contributed by atoms with van der Waals surface area (Å²) in [6.45, 7) is 4.72. The molecule has 1 fully saturated rings. The Kier molecular flexibility index (Phi) is 3.88. The molecule has 3 heteroatoms. The van der Waals surface area contributed by atoms with E-state index >= 15 is 0 Å². The molecule has 0 saturated heterocycles. The van der Waals surface area contributed by atoms with E-state index in [-0.39, 0.29) is 17.6 Å². The summed E-state index contributed by atoms with van der Waals surface area (Å²) >= 11 is 6.00. The predicted molar refractivity (Wildman–Crippen MR) is 77.1 cm³/mol. The fraction of sp³-hybridized carbons (Fsp3) is 0.600. The second-order valence-electron chi connectivity index (χ2n) is 6.27. The molecule has 0 heterocycles. The predicted octanol–water partition coefficient (Wildman–Crippen LogP) is 4.08. The molecular formula is C15H22ClNO. The Bertz CT molecular complexity index is 419. The van der Waals surface area contributed by atoms with E-state index in [0.717, 1.165) is 30.0 Å². The van der Waals surface area contributed by atoms with Gasteiger partial charge in [0.15, 0.2) is 0 Å². The maximum atomic E-state index is 9.81. The molecule has 0 bridgehead atoms. The van der Waals surface area contributed by atoms with Gasteiger partial charge in [-0.2, -0.15) is 0 Å². The van der Waals surface area contributed by atoms with Gasteiger partial charge in [-0.3, -0.25) is 0 Å². The van der Waals surface area contributed by atoms with Crippen molar-refractivity contribution in [1.82, 2.24) is 0 Å². The van der Waals surface area contributed by atoms with Crippen molar-refractivity contribution in [2.45, 2.75) is 45.1 Å². The van der Waals surface area contributed by atoms with Crippen LogP contribution in [0.15, 0.2) is 24.3 Å². The molecule has 1 saturated carbocycles. The zero-order valence-corrected chi connectivity index (χ0v) is 11.9. The average Bonchev–Trinajstić information content (AvgIpc) is 2.27. The molecule has 1 aromatic carbocycles. The number of aliphatic hydroxyl groups is 1. The van der Waals surface area contributed by atoms with Crippen LogP contribution in [-0.4, -0.2) is 17.3 Å². The smallest absolute Gasteiger partial charge is 0.0661 e. The van der Waals surface area contributed by atoms with Crippen molar-refractivity contribution < 1.29 is 5.11 Å². The van der Waals surface area contributed by atoms with Gasteiger partial charge < -0.3 is 10.4 Å². The van der Waals surface area contributed by atoms with Gasteiger partial charge in [0.1, 0.15) is 0 Å². The van der Waals surface area contributed by atoms with Gasteiger partial charge in [-0.05, 0) is 42.9 Å². The second-order valence-corrected chi connectivity index (χ2v) is 6.70. The van der Waals surface area contributed by atoms with Crippen LogP contribution in [0.4, 0.5) is 5.69 Å². The SMILES string of the molecule is CC1(C)CCCC(CO)(Nc2cccc(Cl)c2)C1. The molecule has 100 valence electrons. The molecule has 2 nitrogen and oxygen atoms in total. The van der Waals surface area contributed by atoms with Gasteiger partial charge in [0.05, 0.1) is 12.1 Å². The van der Waals surface area contributed by atoms with Gasteiger partial charge in [-0.1, -0.05) is 37.9 Å². The summed E-state index contributed by atoms with van der Waals surface area (Å²) in [6.07, 6.45) is 4.38. The first-order chi connectivity index (χ1) is 8.45. The van der Waals surface area contributed by atoms with E-state index < -0.39 is 0 Å². The lowest BCUT2D eigenvalue weighted by molar-refractivity contribution is 0.105. The van der Waals surface area contributed by atoms with Crippen LogP contribution in [0.1, 0.15) is 39.5 Å². The zero-order chi connectivity index (χ0) is 13.2. The third-order valence-corrected chi connectivity index (χ3v) is 4.10. The molecule has 1 aliphatic rings. The molecule has 2 N–H and O–H groups in total. The van der Waals surface area contributed by atoms with E-state index in [0.29, 0.717) is 0 Å². The van der Waals surface area contributed by atoms with Gasteiger partial charge in [-0.15, -0.1) is 0 Å². The van der Waals surface area contributed by atoms with Crippen LogP contribution in [0, 0.1) is 5.41 Å². The van der Waals surface area contributed by atoms with Crippen LogP contribution in [-0.2, 0) is 0 Å². The molecule has 1 unspecified atom stereocenters. The number of nitrogens with one attached hydrogen (secondary N) is 1. The Morgan fingerprint density at radius 3 is 2.72 bits per heavy atom. The van der Waals surface area contributed by atoms with Crippen molar-refractivity contribution in [2.75, 3.05) is 11.9 Å². The Labute approximate surface area is 114 Å². The third-order valence-electron chi connectivity index (χ3n) is 3.86. The van der Waals surface area contributed by atoms with Crippen molar-refractivity contribution in [2.24, 2.45) is 5.41 Å². The van der Waals surface area contributed by atoms with Crippen molar-refractivity contribution in [3.8, 4) is 0 Å². The highest BCUT2D eigenvalue weighted by Crippen LogP contribution is 2.42. The van der Waals surface area contributed by atoms with E-state index in [1.165, 1.54) is 6.42 Å². The number of halogens is 1. The van der Waals surface area contributed by atoms with Crippen LogP contribution < -0.4 is 5.32 Å². The standard InChI is InChI=1S/C15H22ClNO/c1-14(2)7-4-8-15(10-14,11-18)17-13-6-3-5-12(16)9-13/h3,5-6,9,17-18H,4,7-8,10-11H2,1-2H3. The first-order valence-electron chi connectivity index (χ1n) is 6.59. The van der Waals surface area contributed by atoms with E-state index in [9.17, 15) is 5.11 Å². The Hall–Kier alpha value is -0.730. The maximum Gasteiger partial charge on any atom is 0.0661 e. The highest BCUT2D eigenvalue weighted by molar-refractivity contribution is 6.30. The topological polar surface area (TPSA) is 32.3 Å². The fourth-order valence-electron chi connectivity index (χ4n) is 3.15. The van der Waals surface area contributed by atoms with Gasteiger partial charge in [0.2, 0.25) is 0 Å². The van der Waals surface area contributed by atoms with Crippen LogP contribution >= 0.6 is 11.6 Å². The molecule has 18 heavy (non-hydrogen) atoms. The summed E-state index contributed by atoms with van der Waals surface area (Å²) in [5.41, 5.74) is 1.08. The minimum atomic E-state index is -0.202. The lowest BCUT2D eigenvalue weighted by Crippen LogP contribution is -2.48. The molecule has 2 rings (SSSR count). The lowest BCUT2D eigenvalue weighted by atomic mass is 9.68. The Balaban J connectivity index is 2.18. The summed E-state index contributed by atoms with van der Waals surface area (Å²) in [6, 6.07) is 7.72. The lowest BCUT2D eigenvalue weighted by Gasteiger charge is -2.45. The Morgan fingerprint density at radius 1 is 1.33 bits per heavy atom. The number of hydrogen-bond acceptors (Lipinski definition) is 2. The molecule has 0 spiro atoms. The van der Waals surface area contributed by atoms with E-state index in [1.54, 1.807) is 0 Å². The highest BCUT2D eigenvalue weighted by atomic mass is 35.5. The summed E-state index contributed by atoms with van der Waals surface area (Å²) in [5, 5.41) is 14.0. The molecule has 1 aromatic rings.